The minimum Gasteiger partial charge on any atom is -0.296 e. The summed E-state index contributed by atoms with van der Waals surface area (Å²) in [7, 11) is 0. The van der Waals surface area contributed by atoms with Crippen LogP contribution in [-0.4, -0.2) is 11.3 Å². The van der Waals surface area contributed by atoms with Gasteiger partial charge in [0.2, 0.25) is 0 Å². The maximum Gasteiger partial charge on any atom is 0.263 e. The molecule has 0 amide bonds. The van der Waals surface area contributed by atoms with Gasteiger partial charge in [0.1, 0.15) is 5.69 Å². The van der Waals surface area contributed by atoms with Crippen molar-refractivity contribution in [2.75, 3.05) is 0 Å². The Morgan fingerprint density at radius 2 is 2.17 bits per heavy atom. The number of nitrogens with zero attached hydrogens (tertiary/aromatic N) is 1. The zero-order chi connectivity index (χ0) is 9.14. The number of rotatable bonds is 2. The third kappa shape index (κ3) is 1.84. The zero-order valence-corrected chi connectivity index (χ0v) is 6.42. The second-order valence-electron chi connectivity index (χ2n) is 2.39. The van der Waals surface area contributed by atoms with E-state index < -0.39 is 6.43 Å². The first-order valence-electron chi connectivity index (χ1n) is 3.35. The van der Waals surface area contributed by atoms with Crippen LogP contribution in [0.3, 0.4) is 0 Å². The van der Waals surface area contributed by atoms with Crippen molar-refractivity contribution in [1.82, 2.24) is 4.98 Å². The lowest BCUT2D eigenvalue weighted by molar-refractivity contribution is 0.111. The number of pyridine rings is 1. The molecular formula is C8H7F2NO. The van der Waals surface area contributed by atoms with Crippen LogP contribution >= 0.6 is 0 Å². The number of halogens is 2. The Morgan fingerprint density at radius 3 is 2.67 bits per heavy atom. The van der Waals surface area contributed by atoms with Crippen LogP contribution in [0.25, 0.3) is 0 Å². The highest BCUT2D eigenvalue weighted by Crippen LogP contribution is 2.19. The smallest absolute Gasteiger partial charge is 0.263 e. The molecule has 0 radical (unpaired) electrons. The third-order valence-corrected chi connectivity index (χ3v) is 1.37. The Bertz CT molecular complexity index is 299. The summed E-state index contributed by atoms with van der Waals surface area (Å²) in [5.41, 5.74) is 0.310. The minimum atomic E-state index is -2.55. The molecule has 0 N–H and O–H groups in total. The van der Waals surface area contributed by atoms with Crippen molar-refractivity contribution in [2.24, 2.45) is 0 Å². The Hall–Kier alpha value is -1.32. The van der Waals surface area contributed by atoms with E-state index in [9.17, 15) is 13.6 Å². The average molecular weight is 171 g/mol. The first-order valence-corrected chi connectivity index (χ1v) is 3.35. The molecule has 0 unspecified atom stereocenters. The van der Waals surface area contributed by atoms with Gasteiger partial charge in [0.05, 0.1) is 0 Å². The quantitative estimate of drug-likeness (QED) is 0.638. The van der Waals surface area contributed by atoms with Crippen molar-refractivity contribution in [2.45, 2.75) is 13.3 Å². The lowest BCUT2D eigenvalue weighted by Gasteiger charge is -2.00. The molecule has 12 heavy (non-hydrogen) atoms. The molecule has 0 saturated heterocycles. The molecule has 2 nitrogen and oxygen atoms in total. The molecule has 0 aliphatic rings. The maximum atomic E-state index is 12.1. The van der Waals surface area contributed by atoms with E-state index in [2.05, 4.69) is 4.98 Å². The first-order chi connectivity index (χ1) is 5.63. The second-order valence-corrected chi connectivity index (χ2v) is 2.39. The fourth-order valence-electron chi connectivity index (χ4n) is 0.908. The molecule has 1 heterocycles. The SMILES string of the molecule is Cc1cc(C(F)F)cc(C=O)n1. The molecule has 1 rings (SSSR count). The van der Waals surface area contributed by atoms with Crippen molar-refractivity contribution >= 4 is 6.29 Å². The van der Waals surface area contributed by atoms with Gasteiger partial charge in [-0.15, -0.1) is 0 Å². The van der Waals surface area contributed by atoms with Crippen LogP contribution in [-0.2, 0) is 0 Å². The Labute approximate surface area is 68.2 Å². The van der Waals surface area contributed by atoms with Gasteiger partial charge >= 0.3 is 0 Å². The van der Waals surface area contributed by atoms with Crippen molar-refractivity contribution < 1.29 is 13.6 Å². The molecule has 0 saturated carbocycles. The highest BCUT2D eigenvalue weighted by molar-refractivity contribution is 5.72. The van der Waals surface area contributed by atoms with E-state index >= 15 is 0 Å². The predicted octanol–water partition coefficient (Wildman–Crippen LogP) is 2.14. The lowest BCUT2D eigenvalue weighted by atomic mass is 10.2. The molecule has 0 aromatic carbocycles. The fourth-order valence-corrected chi connectivity index (χ4v) is 0.908. The highest BCUT2D eigenvalue weighted by atomic mass is 19.3. The van der Waals surface area contributed by atoms with Crippen LogP contribution < -0.4 is 0 Å². The summed E-state index contributed by atoms with van der Waals surface area (Å²) < 4.78 is 24.2. The topological polar surface area (TPSA) is 30.0 Å². The van der Waals surface area contributed by atoms with Gasteiger partial charge < -0.3 is 0 Å². The van der Waals surface area contributed by atoms with Gasteiger partial charge in [0.15, 0.2) is 6.29 Å². The molecule has 0 aliphatic carbocycles. The number of aldehydes is 1. The molecule has 1 aromatic rings. The normalized spacial score (nSPS) is 10.3. The maximum absolute atomic E-state index is 12.1. The predicted molar refractivity (Wildman–Crippen MR) is 39.3 cm³/mol. The van der Waals surface area contributed by atoms with Crippen LogP contribution in [0, 0.1) is 6.92 Å². The molecular weight excluding hydrogens is 164 g/mol. The molecule has 0 atom stereocenters. The van der Waals surface area contributed by atoms with E-state index in [1.165, 1.54) is 6.07 Å². The number of hydrogen-bond donors (Lipinski definition) is 0. The Balaban J connectivity index is 3.14. The van der Waals surface area contributed by atoms with Crippen molar-refractivity contribution in [1.29, 1.82) is 0 Å². The van der Waals surface area contributed by atoms with Gasteiger partial charge in [0.25, 0.3) is 6.43 Å². The summed E-state index contributed by atoms with van der Waals surface area (Å²) >= 11 is 0. The van der Waals surface area contributed by atoms with Crippen LogP contribution in [0.5, 0.6) is 0 Å². The summed E-state index contributed by atoms with van der Waals surface area (Å²) in [6.45, 7) is 1.57. The molecule has 1 aromatic heterocycles. The summed E-state index contributed by atoms with van der Waals surface area (Å²) in [5, 5.41) is 0. The van der Waals surface area contributed by atoms with Gasteiger partial charge in [-0.05, 0) is 19.1 Å². The first kappa shape index (κ1) is 8.77. The molecule has 0 fully saturated rings. The van der Waals surface area contributed by atoms with E-state index in [1.807, 2.05) is 0 Å². The van der Waals surface area contributed by atoms with Crippen molar-refractivity contribution in [3.8, 4) is 0 Å². The summed E-state index contributed by atoms with van der Waals surface area (Å²) in [6, 6.07) is 2.35. The molecule has 0 bridgehead atoms. The number of aryl methyl sites for hydroxylation is 1. The largest absolute Gasteiger partial charge is 0.296 e. The zero-order valence-electron chi connectivity index (χ0n) is 6.42. The van der Waals surface area contributed by atoms with Crippen molar-refractivity contribution in [3.63, 3.8) is 0 Å². The monoisotopic (exact) mass is 171 g/mol. The highest BCUT2D eigenvalue weighted by Gasteiger charge is 2.08. The van der Waals surface area contributed by atoms with E-state index in [0.29, 0.717) is 12.0 Å². The van der Waals surface area contributed by atoms with Gasteiger partial charge in [-0.25, -0.2) is 8.78 Å². The van der Waals surface area contributed by atoms with Gasteiger partial charge in [-0.3, -0.25) is 9.78 Å². The number of carbonyl (C=O) groups excluding carboxylic acids is 1. The van der Waals surface area contributed by atoms with Crippen LogP contribution in [0.2, 0.25) is 0 Å². The molecule has 0 aliphatic heterocycles. The summed E-state index contributed by atoms with van der Waals surface area (Å²) in [5.74, 6) is 0. The van der Waals surface area contributed by atoms with Crippen LogP contribution in [0.4, 0.5) is 8.78 Å². The van der Waals surface area contributed by atoms with E-state index in [4.69, 9.17) is 0 Å². The fraction of sp³-hybridized carbons (Fsp3) is 0.250. The second kappa shape index (κ2) is 3.38. The number of alkyl halides is 2. The van der Waals surface area contributed by atoms with Gasteiger partial charge in [-0.1, -0.05) is 0 Å². The number of carbonyl (C=O) groups is 1. The van der Waals surface area contributed by atoms with Crippen molar-refractivity contribution in [3.05, 3.63) is 29.1 Å². The minimum absolute atomic E-state index is 0.0466. The van der Waals surface area contributed by atoms with Crippen LogP contribution in [0.15, 0.2) is 12.1 Å². The Morgan fingerprint density at radius 1 is 1.50 bits per heavy atom. The number of aromatic nitrogens is 1. The third-order valence-electron chi connectivity index (χ3n) is 1.37. The molecule has 64 valence electrons. The summed E-state index contributed by atoms with van der Waals surface area (Å²) in [6.07, 6.45) is -2.09. The van der Waals surface area contributed by atoms with Gasteiger partial charge in [0, 0.05) is 11.3 Å². The van der Waals surface area contributed by atoms with E-state index in [-0.39, 0.29) is 11.3 Å². The van der Waals surface area contributed by atoms with Gasteiger partial charge in [-0.2, -0.15) is 0 Å². The lowest BCUT2D eigenvalue weighted by Crippen LogP contribution is -1.94. The Kier molecular flexibility index (Phi) is 2.47. The van der Waals surface area contributed by atoms with Crippen LogP contribution in [0.1, 0.15) is 28.2 Å². The average Bonchev–Trinajstić information content (AvgIpc) is 2.03. The summed E-state index contributed by atoms with van der Waals surface area (Å²) in [4.78, 5) is 14.0. The van der Waals surface area contributed by atoms with E-state index in [1.54, 1.807) is 6.92 Å². The molecule has 4 heteroatoms. The standard InChI is InChI=1S/C8H7F2NO/c1-5-2-6(8(9)10)3-7(4-12)11-5/h2-4,8H,1H3. The number of hydrogen-bond acceptors (Lipinski definition) is 2. The molecule has 0 spiro atoms. The van der Waals surface area contributed by atoms with E-state index in [0.717, 1.165) is 6.07 Å².